The van der Waals surface area contributed by atoms with Crippen LogP contribution in [0.25, 0.3) is 5.65 Å². The molecule has 0 aliphatic carbocycles. The number of aromatic nitrogens is 2. The summed E-state index contributed by atoms with van der Waals surface area (Å²) in [6.45, 7) is 5.75. The Kier molecular flexibility index (Phi) is 6.40. The van der Waals surface area contributed by atoms with Gasteiger partial charge in [0.1, 0.15) is 5.65 Å². The highest BCUT2D eigenvalue weighted by atomic mass is 32.2. The third-order valence-electron chi connectivity index (χ3n) is 4.51. The molecule has 0 radical (unpaired) electrons. The van der Waals surface area contributed by atoms with Gasteiger partial charge in [-0.25, -0.2) is 4.98 Å². The normalized spacial score (nSPS) is 11.8. The molecule has 0 bridgehead atoms. The van der Waals surface area contributed by atoms with Gasteiger partial charge in [0.25, 0.3) is 0 Å². The lowest BCUT2D eigenvalue weighted by Crippen LogP contribution is -2.38. The second-order valence-electron chi connectivity index (χ2n) is 6.57. The summed E-state index contributed by atoms with van der Waals surface area (Å²) in [6, 6.07) is 10.7. The predicted octanol–water partition coefficient (Wildman–Crippen LogP) is 3.58. The number of guanidine groups is 1. The maximum atomic E-state index is 4.72. The second kappa shape index (κ2) is 8.95. The molecule has 2 heterocycles. The summed E-state index contributed by atoms with van der Waals surface area (Å²) in [5, 5.41) is 6.78. The molecule has 27 heavy (non-hydrogen) atoms. The Hall–Kier alpha value is -2.47. The number of pyridine rings is 1. The third-order valence-corrected chi connectivity index (χ3v) is 5.33. The van der Waals surface area contributed by atoms with E-state index in [2.05, 4.69) is 70.6 Å². The van der Waals surface area contributed by atoms with Crippen molar-refractivity contribution in [3.8, 4) is 0 Å². The molecule has 3 aromatic rings. The first-order chi connectivity index (χ1) is 13.1. The van der Waals surface area contributed by atoms with Crippen LogP contribution in [0.3, 0.4) is 0 Å². The van der Waals surface area contributed by atoms with Crippen LogP contribution in [0.5, 0.6) is 0 Å². The number of aryl methyl sites for hydroxylation is 2. The molecule has 0 saturated carbocycles. The standard InChI is InChI=1S/C21H27N5S/c1-15-7-8-17(19(12-15)27-4)13-24-21(22-3)23-10-9-18-14-26-11-5-6-16(2)20(26)25-18/h5-8,11-12,14H,9-10,13H2,1-4H3,(H2,22,23,24). The number of imidazole rings is 1. The van der Waals surface area contributed by atoms with Gasteiger partial charge in [-0.3, -0.25) is 4.99 Å². The van der Waals surface area contributed by atoms with Crippen molar-refractivity contribution >= 4 is 23.4 Å². The molecule has 6 heteroatoms. The fourth-order valence-electron chi connectivity index (χ4n) is 3.03. The smallest absolute Gasteiger partial charge is 0.191 e. The molecule has 0 aliphatic heterocycles. The van der Waals surface area contributed by atoms with E-state index in [1.54, 1.807) is 18.8 Å². The second-order valence-corrected chi connectivity index (χ2v) is 7.42. The van der Waals surface area contributed by atoms with Crippen LogP contribution in [0, 0.1) is 13.8 Å². The molecule has 0 amide bonds. The highest BCUT2D eigenvalue weighted by Gasteiger charge is 2.06. The van der Waals surface area contributed by atoms with Gasteiger partial charge >= 0.3 is 0 Å². The molecule has 1 aromatic carbocycles. The minimum atomic E-state index is 0.754. The topological polar surface area (TPSA) is 53.7 Å². The van der Waals surface area contributed by atoms with Crippen LogP contribution < -0.4 is 10.6 Å². The number of nitrogens with one attached hydrogen (secondary N) is 2. The number of hydrogen-bond donors (Lipinski definition) is 2. The van der Waals surface area contributed by atoms with E-state index in [9.17, 15) is 0 Å². The number of aliphatic imine (C=N–C) groups is 1. The van der Waals surface area contributed by atoms with E-state index in [-0.39, 0.29) is 0 Å². The van der Waals surface area contributed by atoms with Gasteiger partial charge < -0.3 is 15.0 Å². The zero-order valence-electron chi connectivity index (χ0n) is 16.4. The summed E-state index contributed by atoms with van der Waals surface area (Å²) >= 11 is 1.78. The number of nitrogens with zero attached hydrogens (tertiary/aromatic N) is 3. The molecule has 0 fully saturated rings. The number of rotatable bonds is 6. The van der Waals surface area contributed by atoms with Crippen molar-refractivity contribution < 1.29 is 0 Å². The van der Waals surface area contributed by atoms with Gasteiger partial charge in [-0.05, 0) is 48.9 Å². The Morgan fingerprint density at radius 2 is 2.07 bits per heavy atom. The molecule has 5 nitrogen and oxygen atoms in total. The van der Waals surface area contributed by atoms with E-state index >= 15 is 0 Å². The van der Waals surface area contributed by atoms with Crippen LogP contribution in [0.15, 0.2) is 52.6 Å². The summed E-state index contributed by atoms with van der Waals surface area (Å²) in [4.78, 5) is 10.3. The van der Waals surface area contributed by atoms with Crippen molar-refractivity contribution in [2.24, 2.45) is 4.99 Å². The Morgan fingerprint density at radius 1 is 1.22 bits per heavy atom. The molecule has 0 spiro atoms. The Labute approximate surface area is 165 Å². The maximum absolute atomic E-state index is 4.72. The Balaban J connectivity index is 1.54. The third kappa shape index (κ3) is 4.83. The van der Waals surface area contributed by atoms with Crippen LogP contribution in [0.4, 0.5) is 0 Å². The lowest BCUT2D eigenvalue weighted by Gasteiger charge is -2.13. The molecule has 0 atom stereocenters. The zero-order valence-corrected chi connectivity index (χ0v) is 17.2. The first-order valence-electron chi connectivity index (χ1n) is 9.12. The van der Waals surface area contributed by atoms with Gasteiger partial charge in [0.2, 0.25) is 0 Å². The minimum absolute atomic E-state index is 0.754. The van der Waals surface area contributed by atoms with Crippen molar-refractivity contribution in [1.29, 1.82) is 0 Å². The first-order valence-corrected chi connectivity index (χ1v) is 10.3. The molecule has 2 N–H and O–H groups in total. The molecule has 3 rings (SSSR count). The molecule has 0 unspecified atom stereocenters. The van der Waals surface area contributed by atoms with E-state index in [0.717, 1.165) is 36.8 Å². The maximum Gasteiger partial charge on any atom is 0.191 e. The van der Waals surface area contributed by atoms with Crippen LogP contribution in [-0.4, -0.2) is 35.2 Å². The number of benzene rings is 1. The van der Waals surface area contributed by atoms with Gasteiger partial charge in [0.15, 0.2) is 5.96 Å². The summed E-state index contributed by atoms with van der Waals surface area (Å²) < 4.78 is 2.08. The fraction of sp³-hybridized carbons (Fsp3) is 0.333. The summed E-state index contributed by atoms with van der Waals surface area (Å²) in [5.74, 6) is 0.808. The van der Waals surface area contributed by atoms with Crippen LogP contribution in [-0.2, 0) is 13.0 Å². The van der Waals surface area contributed by atoms with Crippen molar-refractivity contribution in [2.75, 3.05) is 19.8 Å². The first kappa shape index (κ1) is 19.3. The molecular formula is C21H27N5S. The average Bonchev–Trinajstić information content (AvgIpc) is 3.09. The molecule has 142 valence electrons. The van der Waals surface area contributed by atoms with E-state index in [1.165, 1.54) is 21.6 Å². The van der Waals surface area contributed by atoms with Crippen molar-refractivity contribution in [3.63, 3.8) is 0 Å². The van der Waals surface area contributed by atoms with E-state index in [1.807, 2.05) is 12.3 Å². The van der Waals surface area contributed by atoms with Crippen molar-refractivity contribution in [1.82, 2.24) is 20.0 Å². The zero-order chi connectivity index (χ0) is 19.2. The van der Waals surface area contributed by atoms with Gasteiger partial charge in [0, 0.05) is 43.8 Å². The molecular weight excluding hydrogens is 354 g/mol. The number of fused-ring (bicyclic) bond motifs is 1. The van der Waals surface area contributed by atoms with Gasteiger partial charge in [-0.2, -0.15) is 0 Å². The lowest BCUT2D eigenvalue weighted by atomic mass is 10.1. The van der Waals surface area contributed by atoms with Gasteiger partial charge in [0.05, 0.1) is 5.69 Å². The van der Waals surface area contributed by atoms with E-state index in [0.29, 0.717) is 0 Å². The SMILES string of the molecule is CN=C(NCCc1cn2cccc(C)c2n1)NCc1ccc(C)cc1SC. The quantitative estimate of drug-likeness (QED) is 0.389. The average molecular weight is 382 g/mol. The molecule has 0 saturated heterocycles. The van der Waals surface area contributed by atoms with Crippen molar-refractivity contribution in [2.45, 2.75) is 31.7 Å². The summed E-state index contributed by atoms with van der Waals surface area (Å²) in [5.41, 5.74) is 5.87. The van der Waals surface area contributed by atoms with Crippen LogP contribution in [0.2, 0.25) is 0 Å². The van der Waals surface area contributed by atoms with Gasteiger partial charge in [-0.15, -0.1) is 11.8 Å². The van der Waals surface area contributed by atoms with E-state index in [4.69, 9.17) is 4.98 Å². The fourth-order valence-corrected chi connectivity index (χ4v) is 3.74. The molecule has 0 aliphatic rings. The summed E-state index contributed by atoms with van der Waals surface area (Å²) in [6.07, 6.45) is 7.10. The number of hydrogen-bond acceptors (Lipinski definition) is 3. The van der Waals surface area contributed by atoms with Gasteiger partial charge in [-0.1, -0.05) is 18.2 Å². The van der Waals surface area contributed by atoms with Crippen molar-refractivity contribution in [3.05, 3.63) is 65.1 Å². The minimum Gasteiger partial charge on any atom is -0.356 e. The Bertz CT molecular complexity index is 945. The Morgan fingerprint density at radius 3 is 2.81 bits per heavy atom. The monoisotopic (exact) mass is 381 g/mol. The summed E-state index contributed by atoms with van der Waals surface area (Å²) in [7, 11) is 1.80. The number of thioether (sulfide) groups is 1. The predicted molar refractivity (Wildman–Crippen MR) is 115 cm³/mol. The van der Waals surface area contributed by atoms with E-state index < -0.39 is 0 Å². The lowest BCUT2D eigenvalue weighted by molar-refractivity contribution is 0.782. The highest BCUT2D eigenvalue weighted by Crippen LogP contribution is 2.21. The van der Waals surface area contributed by atoms with Crippen LogP contribution >= 0.6 is 11.8 Å². The largest absolute Gasteiger partial charge is 0.356 e. The van der Waals surface area contributed by atoms with Crippen LogP contribution in [0.1, 0.15) is 22.4 Å². The highest BCUT2D eigenvalue weighted by molar-refractivity contribution is 7.98. The molecule has 2 aromatic heterocycles.